The topological polar surface area (TPSA) is 84.9 Å². The molecule has 0 spiro atoms. The number of benzene rings is 2. The van der Waals surface area contributed by atoms with Crippen molar-refractivity contribution in [3.8, 4) is 11.5 Å². The molecule has 2 aromatic carbocycles. The number of carbonyl (C=O) groups excluding carboxylic acids is 2. The summed E-state index contributed by atoms with van der Waals surface area (Å²) in [5.41, 5.74) is 1.36. The summed E-state index contributed by atoms with van der Waals surface area (Å²) in [5, 5.41) is 12.2. The van der Waals surface area contributed by atoms with Crippen LogP contribution in [-0.4, -0.2) is 24.3 Å². The number of methoxy groups -OCH3 is 1. The quantitative estimate of drug-likeness (QED) is 0.851. The molecule has 0 aliphatic carbocycles. The minimum atomic E-state index is -0.700. The van der Waals surface area contributed by atoms with E-state index in [1.165, 1.54) is 25.3 Å². The highest BCUT2D eigenvalue weighted by Gasteiger charge is 2.13. The molecule has 0 aliphatic rings. The third kappa shape index (κ3) is 3.76. The Kier molecular flexibility index (Phi) is 4.63. The van der Waals surface area contributed by atoms with Gasteiger partial charge in [0, 0.05) is 11.8 Å². The second-order valence-electron chi connectivity index (χ2n) is 4.55. The van der Waals surface area contributed by atoms with Gasteiger partial charge in [0.1, 0.15) is 17.1 Å². The van der Waals surface area contributed by atoms with Crippen LogP contribution < -0.4 is 10.1 Å². The minimum Gasteiger partial charge on any atom is -0.507 e. The summed E-state index contributed by atoms with van der Waals surface area (Å²) in [6, 6.07) is 11.0. The fourth-order valence-electron chi connectivity index (χ4n) is 1.75. The largest absolute Gasteiger partial charge is 0.507 e. The van der Waals surface area contributed by atoms with Crippen LogP contribution in [0.15, 0.2) is 42.5 Å². The standard InChI is InChI=1S/C16H15NO5/c1-10-3-6-12(7-4-10)22-16(20)17-11-5-8-13(14(18)9-11)15(19)21-2/h3-9,18H,1-2H3,(H,17,20). The summed E-state index contributed by atoms with van der Waals surface area (Å²) < 4.78 is 9.60. The molecule has 2 aromatic rings. The smallest absolute Gasteiger partial charge is 0.417 e. The summed E-state index contributed by atoms with van der Waals surface area (Å²) >= 11 is 0. The number of phenolic OH excluding ortho intramolecular Hbond substituents is 1. The summed E-state index contributed by atoms with van der Waals surface area (Å²) in [7, 11) is 1.22. The van der Waals surface area contributed by atoms with Crippen molar-refractivity contribution in [3.63, 3.8) is 0 Å². The number of esters is 1. The van der Waals surface area contributed by atoms with Gasteiger partial charge in [0.05, 0.1) is 7.11 Å². The van der Waals surface area contributed by atoms with Crippen LogP contribution in [-0.2, 0) is 4.74 Å². The number of carbonyl (C=O) groups is 2. The number of phenols is 1. The van der Waals surface area contributed by atoms with E-state index in [9.17, 15) is 14.7 Å². The maximum atomic E-state index is 11.7. The Hall–Kier alpha value is -3.02. The number of hydrogen-bond acceptors (Lipinski definition) is 5. The number of hydrogen-bond donors (Lipinski definition) is 2. The highest BCUT2D eigenvalue weighted by molar-refractivity contribution is 5.94. The van der Waals surface area contributed by atoms with Gasteiger partial charge in [-0.25, -0.2) is 9.59 Å². The molecular formula is C16H15NO5. The van der Waals surface area contributed by atoms with E-state index in [1.54, 1.807) is 12.1 Å². The normalized spacial score (nSPS) is 9.91. The number of nitrogens with one attached hydrogen (secondary N) is 1. The molecule has 0 unspecified atom stereocenters. The monoisotopic (exact) mass is 301 g/mol. The van der Waals surface area contributed by atoms with Crippen molar-refractivity contribution in [3.05, 3.63) is 53.6 Å². The van der Waals surface area contributed by atoms with Crippen LogP contribution in [0.25, 0.3) is 0 Å². The molecule has 0 atom stereocenters. The molecule has 0 aliphatic heterocycles. The maximum absolute atomic E-state index is 11.7. The summed E-state index contributed by atoms with van der Waals surface area (Å²) in [4.78, 5) is 23.1. The maximum Gasteiger partial charge on any atom is 0.417 e. The molecule has 6 heteroatoms. The van der Waals surface area contributed by atoms with E-state index in [1.807, 2.05) is 19.1 Å². The number of ether oxygens (including phenoxy) is 2. The van der Waals surface area contributed by atoms with Crippen molar-refractivity contribution < 1.29 is 24.2 Å². The molecule has 0 fully saturated rings. The lowest BCUT2D eigenvalue weighted by molar-refractivity contribution is 0.0597. The van der Waals surface area contributed by atoms with Crippen LogP contribution in [0.2, 0.25) is 0 Å². The number of aromatic hydroxyl groups is 1. The molecule has 0 saturated heterocycles. The SMILES string of the molecule is COC(=O)c1ccc(NC(=O)Oc2ccc(C)cc2)cc1O. The van der Waals surface area contributed by atoms with E-state index in [2.05, 4.69) is 10.1 Å². The second-order valence-corrected chi connectivity index (χ2v) is 4.55. The van der Waals surface area contributed by atoms with Gasteiger partial charge in [-0.1, -0.05) is 17.7 Å². The van der Waals surface area contributed by atoms with E-state index in [4.69, 9.17) is 4.74 Å². The van der Waals surface area contributed by atoms with Gasteiger partial charge in [0.25, 0.3) is 0 Å². The fraction of sp³-hybridized carbons (Fsp3) is 0.125. The van der Waals surface area contributed by atoms with Gasteiger partial charge in [-0.2, -0.15) is 0 Å². The molecule has 114 valence electrons. The summed E-state index contributed by atoms with van der Waals surface area (Å²) in [5.74, 6) is -0.551. The Bertz CT molecular complexity index is 694. The van der Waals surface area contributed by atoms with Gasteiger partial charge in [-0.3, -0.25) is 5.32 Å². The predicted molar refractivity (Wildman–Crippen MR) is 80.3 cm³/mol. The van der Waals surface area contributed by atoms with Crippen molar-refractivity contribution in [2.24, 2.45) is 0 Å². The van der Waals surface area contributed by atoms with Gasteiger partial charge in [0.2, 0.25) is 0 Å². The zero-order chi connectivity index (χ0) is 16.1. The number of rotatable bonds is 3. The lowest BCUT2D eigenvalue weighted by Crippen LogP contribution is -2.16. The Morgan fingerprint density at radius 3 is 2.36 bits per heavy atom. The summed E-state index contributed by atoms with van der Waals surface area (Å²) in [6.07, 6.45) is -0.700. The first-order valence-electron chi connectivity index (χ1n) is 6.46. The first-order chi connectivity index (χ1) is 10.5. The lowest BCUT2D eigenvalue weighted by Gasteiger charge is -2.08. The van der Waals surface area contributed by atoms with Crippen LogP contribution in [0.1, 0.15) is 15.9 Å². The van der Waals surface area contributed by atoms with E-state index in [0.717, 1.165) is 5.56 Å². The highest BCUT2D eigenvalue weighted by atomic mass is 16.6. The molecule has 0 heterocycles. The van der Waals surface area contributed by atoms with Gasteiger partial charge in [-0.05, 0) is 31.2 Å². The second kappa shape index (κ2) is 6.62. The Balaban J connectivity index is 2.04. The fourth-order valence-corrected chi connectivity index (χ4v) is 1.75. The number of aryl methyl sites for hydroxylation is 1. The first kappa shape index (κ1) is 15.4. The average molecular weight is 301 g/mol. The Morgan fingerprint density at radius 2 is 1.77 bits per heavy atom. The third-order valence-corrected chi connectivity index (χ3v) is 2.88. The zero-order valence-electron chi connectivity index (χ0n) is 12.1. The van der Waals surface area contributed by atoms with Crippen LogP contribution in [0.3, 0.4) is 0 Å². The average Bonchev–Trinajstić information content (AvgIpc) is 2.49. The van der Waals surface area contributed by atoms with Gasteiger partial charge < -0.3 is 14.6 Å². The molecule has 2 N–H and O–H groups in total. The van der Waals surface area contributed by atoms with Crippen LogP contribution >= 0.6 is 0 Å². The third-order valence-electron chi connectivity index (χ3n) is 2.88. The number of anilines is 1. The van der Waals surface area contributed by atoms with Gasteiger partial charge in [-0.15, -0.1) is 0 Å². The summed E-state index contributed by atoms with van der Waals surface area (Å²) in [6.45, 7) is 1.93. The molecule has 0 saturated carbocycles. The van der Waals surface area contributed by atoms with E-state index in [0.29, 0.717) is 11.4 Å². The Morgan fingerprint density at radius 1 is 1.09 bits per heavy atom. The molecular weight excluding hydrogens is 286 g/mol. The number of amides is 1. The van der Waals surface area contributed by atoms with Crippen molar-refractivity contribution in [2.75, 3.05) is 12.4 Å². The molecule has 1 amide bonds. The van der Waals surface area contributed by atoms with Gasteiger partial charge in [0.15, 0.2) is 0 Å². The molecule has 22 heavy (non-hydrogen) atoms. The first-order valence-corrected chi connectivity index (χ1v) is 6.46. The molecule has 0 aromatic heterocycles. The molecule has 0 radical (unpaired) electrons. The van der Waals surface area contributed by atoms with Crippen molar-refractivity contribution in [2.45, 2.75) is 6.92 Å². The van der Waals surface area contributed by atoms with Crippen molar-refractivity contribution in [1.29, 1.82) is 0 Å². The zero-order valence-corrected chi connectivity index (χ0v) is 12.1. The molecule has 2 rings (SSSR count). The Labute approximate surface area is 127 Å². The molecule has 6 nitrogen and oxygen atoms in total. The lowest BCUT2D eigenvalue weighted by atomic mass is 10.2. The molecule has 0 bridgehead atoms. The van der Waals surface area contributed by atoms with Crippen molar-refractivity contribution >= 4 is 17.7 Å². The minimum absolute atomic E-state index is 0.0138. The van der Waals surface area contributed by atoms with Crippen LogP contribution in [0, 0.1) is 6.92 Å². The van der Waals surface area contributed by atoms with E-state index >= 15 is 0 Å². The van der Waals surface area contributed by atoms with Crippen LogP contribution in [0.5, 0.6) is 11.5 Å². The van der Waals surface area contributed by atoms with E-state index in [-0.39, 0.29) is 11.3 Å². The van der Waals surface area contributed by atoms with E-state index < -0.39 is 12.1 Å². The van der Waals surface area contributed by atoms with Crippen molar-refractivity contribution in [1.82, 2.24) is 0 Å². The highest BCUT2D eigenvalue weighted by Crippen LogP contribution is 2.23. The van der Waals surface area contributed by atoms with Crippen LogP contribution in [0.4, 0.5) is 10.5 Å². The van der Waals surface area contributed by atoms with Gasteiger partial charge >= 0.3 is 12.1 Å². The predicted octanol–water partition coefficient (Wildman–Crippen LogP) is 3.10.